The summed E-state index contributed by atoms with van der Waals surface area (Å²) in [4.78, 5) is 33.3. The van der Waals surface area contributed by atoms with Crippen LogP contribution >= 0.6 is 15.9 Å². The van der Waals surface area contributed by atoms with Gasteiger partial charge in [-0.1, -0.05) is 179 Å². The summed E-state index contributed by atoms with van der Waals surface area (Å²) < 4.78 is 11.7. The lowest BCUT2D eigenvalue weighted by molar-refractivity contribution is -0.141. The quantitative estimate of drug-likeness (QED) is 0.117. The first-order chi connectivity index (χ1) is 26.4. The van der Waals surface area contributed by atoms with E-state index in [1.807, 2.05) is 84.9 Å². The Bertz CT molecular complexity index is 2160. The minimum atomic E-state index is -0.439. The maximum absolute atomic E-state index is 12.2. The third-order valence-electron chi connectivity index (χ3n) is 9.36. The Balaban J connectivity index is 0.000000325. The molecule has 8 heteroatoms. The Hall–Kier alpha value is -5.83. The molecular formula is C50H56BrNO6. The van der Waals surface area contributed by atoms with Crippen LogP contribution in [0.4, 0.5) is 4.79 Å². The second kappa shape index (κ2) is 23.4. The minimum absolute atomic E-state index is 0. The van der Waals surface area contributed by atoms with Crippen molar-refractivity contribution >= 4 is 34.3 Å². The van der Waals surface area contributed by atoms with Gasteiger partial charge in [-0.2, -0.15) is 0 Å². The van der Waals surface area contributed by atoms with Gasteiger partial charge in [-0.3, -0.25) is 9.59 Å². The van der Waals surface area contributed by atoms with Crippen molar-refractivity contribution in [3.63, 3.8) is 0 Å². The molecule has 0 bridgehead atoms. The van der Waals surface area contributed by atoms with E-state index in [-0.39, 0.29) is 54.1 Å². The number of aliphatic hydroxyl groups excluding tert-OH is 1. The number of halogens is 1. The highest BCUT2D eigenvalue weighted by Crippen LogP contribution is 2.45. The number of carbonyl (C=O) groups is 3. The van der Waals surface area contributed by atoms with E-state index in [4.69, 9.17) is 9.47 Å². The zero-order valence-electron chi connectivity index (χ0n) is 29.8. The van der Waals surface area contributed by atoms with E-state index < -0.39 is 6.09 Å². The molecule has 0 spiro atoms. The predicted octanol–water partition coefficient (Wildman–Crippen LogP) is 12.4. The first-order valence-electron chi connectivity index (χ1n) is 17.7. The highest BCUT2D eigenvalue weighted by molar-refractivity contribution is 9.10. The molecular weight excluding hydrogens is 790 g/mol. The van der Waals surface area contributed by atoms with Crippen molar-refractivity contribution in [3.05, 3.63) is 189 Å². The van der Waals surface area contributed by atoms with Crippen molar-refractivity contribution in [2.45, 2.75) is 61.6 Å². The number of fused-ring (bicyclic) bond motifs is 6. The Kier molecular flexibility index (Phi) is 19.5. The monoisotopic (exact) mass is 845 g/mol. The molecule has 0 unspecified atom stereocenters. The number of nitrogens with one attached hydrogen (secondary N) is 1. The molecule has 6 aromatic rings. The van der Waals surface area contributed by atoms with Gasteiger partial charge in [-0.05, 0) is 67.8 Å². The summed E-state index contributed by atoms with van der Waals surface area (Å²) in [5, 5.41) is 12.0. The number of rotatable bonds is 8. The van der Waals surface area contributed by atoms with Crippen LogP contribution in [0.15, 0.2) is 150 Å². The second-order valence-electron chi connectivity index (χ2n) is 12.9. The van der Waals surface area contributed by atoms with Crippen molar-refractivity contribution in [1.82, 2.24) is 5.32 Å². The number of benzene rings is 6. The van der Waals surface area contributed by atoms with Gasteiger partial charge in [0.05, 0.1) is 6.61 Å². The molecule has 0 saturated carbocycles. The molecule has 6 aromatic carbocycles. The molecule has 1 amide bonds. The summed E-state index contributed by atoms with van der Waals surface area (Å²) in [6, 6.07) is 47.9. The van der Waals surface area contributed by atoms with Gasteiger partial charge in [0.25, 0.3) is 0 Å². The molecule has 2 aliphatic carbocycles. The van der Waals surface area contributed by atoms with E-state index in [2.05, 4.69) is 69.8 Å². The van der Waals surface area contributed by atoms with Crippen molar-refractivity contribution in [2.75, 3.05) is 13.2 Å². The number of aliphatic hydroxyl groups is 1. The van der Waals surface area contributed by atoms with Crippen molar-refractivity contribution in [3.8, 4) is 22.3 Å². The number of amides is 1. The van der Waals surface area contributed by atoms with Crippen LogP contribution in [0.3, 0.4) is 0 Å². The summed E-state index contributed by atoms with van der Waals surface area (Å²) in [5.41, 5.74) is 12.3. The molecule has 2 aliphatic rings. The lowest BCUT2D eigenvalue weighted by Crippen LogP contribution is -2.25. The first kappa shape index (κ1) is 48.3. The largest absolute Gasteiger partial charge is 0.465 e. The topological polar surface area (TPSA) is 102 Å². The average molecular weight is 847 g/mol. The van der Waals surface area contributed by atoms with Gasteiger partial charge in [0.2, 0.25) is 0 Å². The van der Waals surface area contributed by atoms with Crippen molar-refractivity contribution in [1.29, 1.82) is 0 Å². The van der Waals surface area contributed by atoms with Gasteiger partial charge < -0.3 is 19.9 Å². The van der Waals surface area contributed by atoms with Gasteiger partial charge in [0.1, 0.15) is 19.5 Å². The van der Waals surface area contributed by atoms with E-state index in [9.17, 15) is 19.5 Å². The molecule has 0 aliphatic heterocycles. The summed E-state index contributed by atoms with van der Waals surface area (Å²) in [6.45, 7) is 2.52. The maximum Gasteiger partial charge on any atom is 0.407 e. The first-order valence-corrected chi connectivity index (χ1v) is 18.5. The summed E-state index contributed by atoms with van der Waals surface area (Å²) in [6.07, 6.45) is 0.386. The Labute approximate surface area is 353 Å². The number of alkyl carbamates (subject to hydrolysis) is 1. The van der Waals surface area contributed by atoms with E-state index >= 15 is 0 Å². The van der Waals surface area contributed by atoms with Crippen LogP contribution in [-0.4, -0.2) is 36.7 Å². The number of carbonyl (C=O) groups excluding carboxylic acids is 3. The van der Waals surface area contributed by atoms with Crippen LogP contribution in [-0.2, 0) is 27.4 Å². The molecule has 0 atom stereocenters. The standard InChI is InChI=1S/C23H21NO3.C16H14O2.C7H5BrO.4CH4/c25-14-17-7-5-6-16(12-17)13-24-23(26)27-15-22-20-10-3-1-8-18(20)19-9-2-4-11-21(19)22;1-11(17)18-10-16-14-8-4-2-6-12(14)13-7-3-5-9-15(13)16;8-7-3-1-2-6(4-7)5-9;;;;/h1-12,22,25H,13-15H2,(H,24,26);2-9,16H,10H2,1H3;1-5H;4*1H4. The van der Waals surface area contributed by atoms with Crippen molar-refractivity contribution < 1.29 is 29.0 Å². The lowest BCUT2D eigenvalue weighted by atomic mass is 9.98. The molecule has 304 valence electrons. The predicted molar refractivity (Wildman–Crippen MR) is 241 cm³/mol. The molecule has 0 heterocycles. The number of hydrogen-bond donors (Lipinski definition) is 2. The van der Waals surface area contributed by atoms with E-state index in [1.165, 1.54) is 51.4 Å². The number of hydrogen-bond acceptors (Lipinski definition) is 6. The van der Waals surface area contributed by atoms with Gasteiger partial charge >= 0.3 is 12.1 Å². The van der Waals surface area contributed by atoms with Gasteiger partial charge in [0, 0.05) is 35.3 Å². The molecule has 7 nitrogen and oxygen atoms in total. The Morgan fingerprint density at radius 2 is 1.03 bits per heavy atom. The lowest BCUT2D eigenvalue weighted by Gasteiger charge is -2.14. The van der Waals surface area contributed by atoms with Gasteiger partial charge in [-0.15, -0.1) is 0 Å². The highest BCUT2D eigenvalue weighted by Gasteiger charge is 2.30. The summed E-state index contributed by atoms with van der Waals surface area (Å²) in [5.74, 6) is -0.000899. The minimum Gasteiger partial charge on any atom is -0.465 e. The fraction of sp³-hybridized carbons (Fsp3) is 0.220. The molecule has 2 N–H and O–H groups in total. The van der Waals surface area contributed by atoms with Crippen LogP contribution in [0.5, 0.6) is 0 Å². The molecule has 58 heavy (non-hydrogen) atoms. The second-order valence-corrected chi connectivity index (χ2v) is 13.8. The number of aldehydes is 1. The molecule has 8 rings (SSSR count). The molecule has 0 saturated heterocycles. The van der Waals surface area contributed by atoms with E-state index in [0.717, 1.165) is 21.9 Å². The van der Waals surface area contributed by atoms with Gasteiger partial charge in [-0.25, -0.2) is 4.79 Å². The number of esters is 1. The molecule has 0 aromatic heterocycles. The molecule has 0 fully saturated rings. The smallest absolute Gasteiger partial charge is 0.407 e. The zero-order valence-corrected chi connectivity index (χ0v) is 31.4. The number of ether oxygens (including phenoxy) is 2. The Morgan fingerprint density at radius 1 is 0.603 bits per heavy atom. The zero-order chi connectivity index (χ0) is 37.9. The normalized spacial score (nSPS) is 11.2. The average Bonchev–Trinajstić information content (AvgIpc) is 3.71. The third-order valence-corrected chi connectivity index (χ3v) is 9.85. The fourth-order valence-corrected chi connectivity index (χ4v) is 7.30. The van der Waals surface area contributed by atoms with E-state index in [1.54, 1.807) is 12.1 Å². The van der Waals surface area contributed by atoms with Crippen LogP contribution < -0.4 is 5.32 Å². The summed E-state index contributed by atoms with van der Waals surface area (Å²) >= 11 is 3.24. The van der Waals surface area contributed by atoms with Crippen LogP contribution in [0, 0.1) is 0 Å². The maximum atomic E-state index is 12.2. The van der Waals surface area contributed by atoms with Crippen LogP contribution in [0.2, 0.25) is 0 Å². The van der Waals surface area contributed by atoms with Gasteiger partial charge in [0.15, 0.2) is 0 Å². The highest BCUT2D eigenvalue weighted by atomic mass is 79.9. The Morgan fingerprint density at radius 3 is 1.45 bits per heavy atom. The van der Waals surface area contributed by atoms with Crippen molar-refractivity contribution in [2.24, 2.45) is 0 Å². The van der Waals surface area contributed by atoms with Crippen LogP contribution in [0.25, 0.3) is 22.3 Å². The fourth-order valence-electron chi connectivity index (χ4n) is 6.88. The van der Waals surface area contributed by atoms with E-state index in [0.29, 0.717) is 25.3 Å². The molecule has 0 radical (unpaired) electrons. The summed E-state index contributed by atoms with van der Waals surface area (Å²) in [7, 11) is 0. The van der Waals surface area contributed by atoms with Crippen LogP contribution in [0.1, 0.15) is 92.2 Å². The SMILES string of the molecule is C.C.C.C.CC(=O)OCC1c2ccccc2-c2ccccc21.O=C(NCc1cccc(CO)c1)OCC1c2ccccc2-c2ccccc21.O=Cc1cccc(Br)c1. The third kappa shape index (κ3) is 11.9.